The van der Waals surface area contributed by atoms with Crippen LogP contribution in [0.25, 0.3) is 0 Å². The van der Waals surface area contributed by atoms with Crippen molar-refractivity contribution in [1.29, 1.82) is 0 Å². The molecule has 6 heteroatoms. The lowest BCUT2D eigenvalue weighted by molar-refractivity contribution is -0.122. The van der Waals surface area contributed by atoms with Gasteiger partial charge in [-0.1, -0.05) is 54.1 Å². The number of amides is 2. The van der Waals surface area contributed by atoms with Gasteiger partial charge in [-0.25, -0.2) is 0 Å². The molecule has 4 aromatic rings. The van der Waals surface area contributed by atoms with E-state index in [1.807, 2.05) is 92.2 Å². The molecule has 0 radical (unpaired) electrons. The first-order chi connectivity index (χ1) is 15.9. The fourth-order valence-electron chi connectivity index (χ4n) is 3.71. The third kappa shape index (κ3) is 5.24. The molecule has 0 aliphatic heterocycles. The Kier molecular flexibility index (Phi) is 7.06. The minimum Gasteiger partial charge on any atom is -0.349 e. The summed E-state index contributed by atoms with van der Waals surface area (Å²) >= 11 is 2.98. The number of benzene rings is 2. The quantitative estimate of drug-likeness (QED) is 0.335. The topological polar surface area (TPSA) is 49.4 Å². The summed E-state index contributed by atoms with van der Waals surface area (Å²) in [6.45, 7) is 6.40. The summed E-state index contributed by atoms with van der Waals surface area (Å²) in [5, 5.41) is 6.93. The van der Waals surface area contributed by atoms with Gasteiger partial charge in [0.05, 0.1) is 11.4 Å². The van der Waals surface area contributed by atoms with Crippen LogP contribution in [0.4, 0.5) is 5.69 Å². The Bertz CT molecular complexity index is 1230. The largest absolute Gasteiger partial charge is 0.349 e. The Balaban J connectivity index is 1.82. The SMILES string of the molecule is Cc1ccc([C@@H](C(=O)NCc2cccs2)N(C(=O)c2cccs2)c2cc(C)ccc2C)cc1. The zero-order valence-corrected chi connectivity index (χ0v) is 20.5. The maximum absolute atomic E-state index is 13.8. The zero-order chi connectivity index (χ0) is 23.4. The van der Waals surface area contributed by atoms with E-state index >= 15 is 0 Å². The van der Waals surface area contributed by atoms with Crippen molar-refractivity contribution in [3.63, 3.8) is 0 Å². The lowest BCUT2D eigenvalue weighted by Gasteiger charge is -2.32. The highest BCUT2D eigenvalue weighted by Gasteiger charge is 2.34. The molecule has 1 atom stereocenters. The van der Waals surface area contributed by atoms with Gasteiger partial charge in [0.1, 0.15) is 6.04 Å². The number of rotatable bonds is 7. The van der Waals surface area contributed by atoms with Gasteiger partial charge in [-0.15, -0.1) is 22.7 Å². The number of hydrogen-bond donors (Lipinski definition) is 1. The van der Waals surface area contributed by atoms with Crippen LogP contribution in [0.5, 0.6) is 0 Å². The second-order valence-electron chi connectivity index (χ2n) is 8.05. The Morgan fingerprint density at radius 3 is 2.24 bits per heavy atom. The number of nitrogens with zero attached hydrogens (tertiary/aromatic N) is 1. The van der Waals surface area contributed by atoms with Crippen LogP contribution in [0.15, 0.2) is 77.5 Å². The van der Waals surface area contributed by atoms with E-state index in [0.29, 0.717) is 11.4 Å². The summed E-state index contributed by atoms with van der Waals surface area (Å²) in [6.07, 6.45) is 0. The molecule has 0 aliphatic rings. The van der Waals surface area contributed by atoms with Crippen LogP contribution in [-0.4, -0.2) is 11.8 Å². The van der Waals surface area contributed by atoms with Crippen molar-refractivity contribution in [2.45, 2.75) is 33.4 Å². The maximum Gasteiger partial charge on any atom is 0.269 e. The second kappa shape index (κ2) is 10.1. The highest BCUT2D eigenvalue weighted by atomic mass is 32.1. The van der Waals surface area contributed by atoms with Crippen molar-refractivity contribution in [2.75, 3.05) is 4.90 Å². The van der Waals surface area contributed by atoms with Gasteiger partial charge >= 0.3 is 0 Å². The number of nitrogens with one attached hydrogen (secondary N) is 1. The van der Waals surface area contributed by atoms with E-state index in [0.717, 1.165) is 32.8 Å². The van der Waals surface area contributed by atoms with Crippen molar-refractivity contribution in [3.8, 4) is 0 Å². The van der Waals surface area contributed by atoms with Gasteiger partial charge in [0, 0.05) is 10.6 Å². The van der Waals surface area contributed by atoms with E-state index in [-0.39, 0.29) is 11.8 Å². The van der Waals surface area contributed by atoms with Crippen LogP contribution >= 0.6 is 22.7 Å². The first-order valence-electron chi connectivity index (χ1n) is 10.7. The molecule has 2 aromatic carbocycles. The zero-order valence-electron chi connectivity index (χ0n) is 18.9. The molecule has 1 N–H and O–H groups in total. The molecule has 0 saturated carbocycles. The molecule has 2 heterocycles. The van der Waals surface area contributed by atoms with Crippen LogP contribution in [0.2, 0.25) is 0 Å². The molecule has 0 unspecified atom stereocenters. The molecule has 4 nitrogen and oxygen atoms in total. The van der Waals surface area contributed by atoms with Gasteiger partial charge in [-0.2, -0.15) is 0 Å². The van der Waals surface area contributed by atoms with E-state index in [1.165, 1.54) is 11.3 Å². The van der Waals surface area contributed by atoms with Crippen molar-refractivity contribution in [1.82, 2.24) is 5.32 Å². The van der Waals surface area contributed by atoms with Crippen LogP contribution in [0.1, 0.15) is 42.8 Å². The number of aryl methyl sites for hydroxylation is 3. The van der Waals surface area contributed by atoms with Gasteiger partial charge in [0.15, 0.2) is 0 Å². The summed E-state index contributed by atoms with van der Waals surface area (Å²) in [7, 11) is 0. The van der Waals surface area contributed by atoms with Gasteiger partial charge in [-0.3, -0.25) is 14.5 Å². The molecule has 0 spiro atoms. The minimum atomic E-state index is -0.805. The monoisotopic (exact) mass is 474 g/mol. The number of carbonyl (C=O) groups excluding carboxylic acids is 2. The Morgan fingerprint density at radius 2 is 1.58 bits per heavy atom. The van der Waals surface area contributed by atoms with E-state index < -0.39 is 6.04 Å². The van der Waals surface area contributed by atoms with Gasteiger partial charge < -0.3 is 5.32 Å². The minimum absolute atomic E-state index is 0.185. The van der Waals surface area contributed by atoms with E-state index in [1.54, 1.807) is 22.3 Å². The van der Waals surface area contributed by atoms with Crippen LogP contribution in [-0.2, 0) is 11.3 Å². The lowest BCUT2D eigenvalue weighted by atomic mass is 9.99. The molecule has 0 aliphatic carbocycles. The van der Waals surface area contributed by atoms with Crippen molar-refractivity contribution in [2.24, 2.45) is 0 Å². The first kappa shape index (κ1) is 23.0. The van der Waals surface area contributed by atoms with Crippen molar-refractivity contribution >= 4 is 40.2 Å². The molecule has 2 amide bonds. The average Bonchev–Trinajstić information content (AvgIpc) is 3.52. The van der Waals surface area contributed by atoms with E-state index in [4.69, 9.17) is 0 Å². The molecule has 168 valence electrons. The van der Waals surface area contributed by atoms with Gasteiger partial charge in [0.25, 0.3) is 5.91 Å². The number of anilines is 1. The molecule has 2 aromatic heterocycles. The summed E-state index contributed by atoms with van der Waals surface area (Å²) in [6, 6.07) is 20.6. The molecule has 4 rings (SSSR count). The highest BCUT2D eigenvalue weighted by molar-refractivity contribution is 7.12. The summed E-state index contributed by atoms with van der Waals surface area (Å²) in [4.78, 5) is 30.9. The van der Waals surface area contributed by atoms with Gasteiger partial charge in [0.2, 0.25) is 5.91 Å². The molecular formula is C27H26N2O2S2. The van der Waals surface area contributed by atoms with Crippen LogP contribution in [0.3, 0.4) is 0 Å². The van der Waals surface area contributed by atoms with Crippen molar-refractivity contribution in [3.05, 3.63) is 109 Å². The summed E-state index contributed by atoms with van der Waals surface area (Å²) < 4.78 is 0. The second-order valence-corrected chi connectivity index (χ2v) is 10.0. The Hall–Kier alpha value is -3.22. The number of thiophene rings is 2. The highest BCUT2D eigenvalue weighted by Crippen LogP contribution is 2.33. The molecule has 0 saturated heterocycles. The number of carbonyl (C=O) groups is 2. The molecular weight excluding hydrogens is 448 g/mol. The molecule has 0 bridgehead atoms. The smallest absolute Gasteiger partial charge is 0.269 e. The Morgan fingerprint density at radius 1 is 0.879 bits per heavy atom. The molecule has 33 heavy (non-hydrogen) atoms. The predicted molar refractivity (Wildman–Crippen MR) is 137 cm³/mol. The third-order valence-corrected chi connectivity index (χ3v) is 7.23. The van der Waals surface area contributed by atoms with E-state index in [2.05, 4.69) is 5.32 Å². The van der Waals surface area contributed by atoms with Crippen molar-refractivity contribution < 1.29 is 9.59 Å². The van der Waals surface area contributed by atoms with Crippen LogP contribution in [0, 0.1) is 20.8 Å². The predicted octanol–water partition coefficient (Wildman–Crippen LogP) is 6.44. The van der Waals surface area contributed by atoms with Crippen LogP contribution < -0.4 is 10.2 Å². The first-order valence-corrected chi connectivity index (χ1v) is 12.5. The summed E-state index contributed by atoms with van der Waals surface area (Å²) in [5.74, 6) is -0.395. The fraction of sp³-hybridized carbons (Fsp3) is 0.185. The van der Waals surface area contributed by atoms with Gasteiger partial charge in [-0.05, 0) is 66.4 Å². The fourth-order valence-corrected chi connectivity index (χ4v) is 5.02. The molecule has 0 fully saturated rings. The normalized spacial score (nSPS) is 11.7. The third-order valence-electron chi connectivity index (χ3n) is 5.49. The standard InChI is InChI=1S/C27H26N2O2S2/c1-18-9-12-21(13-10-18)25(26(30)28-17-22-6-4-14-32-22)29(27(31)24-7-5-15-33-24)23-16-19(2)8-11-20(23)3/h4-16,25H,17H2,1-3H3,(H,28,30)/t25-/m0/s1. The average molecular weight is 475 g/mol. The van der Waals surface area contributed by atoms with E-state index in [9.17, 15) is 9.59 Å². The number of hydrogen-bond acceptors (Lipinski definition) is 4. The summed E-state index contributed by atoms with van der Waals surface area (Å²) in [5.41, 5.74) is 4.58. The Labute approximate surface area is 202 Å². The maximum atomic E-state index is 13.8. The lowest BCUT2D eigenvalue weighted by Crippen LogP contribution is -2.44.